The van der Waals surface area contributed by atoms with Gasteiger partial charge in [-0.05, 0) is 24.3 Å². The summed E-state index contributed by atoms with van der Waals surface area (Å²) in [5.74, 6) is -2.84. The van der Waals surface area contributed by atoms with Gasteiger partial charge in [0.2, 0.25) is 0 Å². The average molecular weight is 314 g/mol. The molecule has 0 heterocycles. The van der Waals surface area contributed by atoms with Gasteiger partial charge in [0, 0.05) is 11.8 Å². The van der Waals surface area contributed by atoms with Crippen LogP contribution in [-0.2, 0) is 4.74 Å². The van der Waals surface area contributed by atoms with E-state index in [9.17, 15) is 13.6 Å². The number of esters is 1. The number of rotatable bonds is 3. The molecule has 2 N–H and O–H groups in total. The fourth-order valence-corrected chi connectivity index (χ4v) is 1.91. The zero-order valence-electron chi connectivity index (χ0n) is 10.8. The minimum Gasteiger partial charge on any atom is -0.465 e. The van der Waals surface area contributed by atoms with Gasteiger partial charge in [0.1, 0.15) is 11.4 Å². The Morgan fingerprint density at radius 2 is 1.95 bits per heavy atom. The first kappa shape index (κ1) is 15.1. The van der Waals surface area contributed by atoms with Crippen molar-refractivity contribution in [1.82, 2.24) is 0 Å². The Balaban J connectivity index is 2.50. The molecule has 0 aliphatic heterocycles. The molecule has 0 bridgehead atoms. The Morgan fingerprint density at radius 1 is 1.24 bits per heavy atom. The van der Waals surface area contributed by atoms with Gasteiger partial charge in [0.05, 0.1) is 12.1 Å². The SMILES string of the molecule is COC(=O)c1cc(N)cc(Cl)c1Oc1ccc(F)cc1F. The smallest absolute Gasteiger partial charge is 0.341 e. The third-order valence-electron chi connectivity index (χ3n) is 2.58. The number of carbonyl (C=O) groups excluding carboxylic acids is 1. The molecule has 0 aliphatic rings. The highest BCUT2D eigenvalue weighted by molar-refractivity contribution is 6.33. The molecule has 0 atom stereocenters. The predicted octanol–water partition coefficient (Wildman–Crippen LogP) is 3.78. The summed E-state index contributed by atoms with van der Waals surface area (Å²) in [6.45, 7) is 0. The monoisotopic (exact) mass is 313 g/mol. The lowest BCUT2D eigenvalue weighted by Crippen LogP contribution is -2.06. The molecule has 0 radical (unpaired) electrons. The predicted molar refractivity (Wildman–Crippen MR) is 73.6 cm³/mol. The Morgan fingerprint density at radius 3 is 2.57 bits per heavy atom. The van der Waals surface area contributed by atoms with Gasteiger partial charge in [-0.2, -0.15) is 0 Å². The van der Waals surface area contributed by atoms with Crippen molar-refractivity contribution in [1.29, 1.82) is 0 Å². The second kappa shape index (κ2) is 5.97. The second-order valence-corrected chi connectivity index (χ2v) is 4.45. The lowest BCUT2D eigenvalue weighted by atomic mass is 10.1. The standard InChI is InChI=1S/C14H10ClF2NO3/c1-20-14(19)9-5-8(18)6-10(15)13(9)21-12-3-2-7(16)4-11(12)17/h2-6H,18H2,1H3. The molecule has 0 aromatic heterocycles. The van der Waals surface area contributed by atoms with Crippen LogP contribution in [0.2, 0.25) is 5.02 Å². The highest BCUT2D eigenvalue weighted by atomic mass is 35.5. The number of nitrogens with two attached hydrogens (primary N) is 1. The summed E-state index contributed by atoms with van der Waals surface area (Å²) in [7, 11) is 1.17. The molecule has 2 aromatic rings. The molecule has 0 spiro atoms. The van der Waals surface area contributed by atoms with Crippen molar-refractivity contribution < 1.29 is 23.0 Å². The molecule has 0 amide bonds. The van der Waals surface area contributed by atoms with Crippen molar-refractivity contribution >= 4 is 23.3 Å². The van der Waals surface area contributed by atoms with E-state index in [0.29, 0.717) is 6.07 Å². The molecule has 0 aliphatic carbocycles. The number of carbonyl (C=O) groups is 1. The number of halogens is 3. The van der Waals surface area contributed by atoms with Gasteiger partial charge in [-0.3, -0.25) is 0 Å². The molecular formula is C14H10ClF2NO3. The topological polar surface area (TPSA) is 61.5 Å². The van der Waals surface area contributed by atoms with Crippen molar-refractivity contribution in [2.75, 3.05) is 12.8 Å². The molecule has 2 aromatic carbocycles. The first-order chi connectivity index (χ1) is 9.92. The van der Waals surface area contributed by atoms with Crippen LogP contribution in [0.3, 0.4) is 0 Å². The fraction of sp³-hybridized carbons (Fsp3) is 0.0714. The van der Waals surface area contributed by atoms with Gasteiger partial charge >= 0.3 is 5.97 Å². The number of anilines is 1. The van der Waals surface area contributed by atoms with Crippen LogP contribution in [0.4, 0.5) is 14.5 Å². The fourth-order valence-electron chi connectivity index (χ4n) is 1.65. The molecular weight excluding hydrogens is 304 g/mol. The molecule has 0 fully saturated rings. The number of benzene rings is 2. The summed E-state index contributed by atoms with van der Waals surface area (Å²) in [5.41, 5.74) is 5.74. The molecule has 110 valence electrons. The molecule has 21 heavy (non-hydrogen) atoms. The molecule has 7 heteroatoms. The first-order valence-corrected chi connectivity index (χ1v) is 6.10. The van der Waals surface area contributed by atoms with E-state index in [1.54, 1.807) is 0 Å². The van der Waals surface area contributed by atoms with E-state index in [1.807, 2.05) is 0 Å². The molecule has 0 saturated carbocycles. The maximum absolute atomic E-state index is 13.6. The van der Waals surface area contributed by atoms with Crippen LogP contribution >= 0.6 is 11.6 Å². The van der Waals surface area contributed by atoms with Crippen LogP contribution in [-0.4, -0.2) is 13.1 Å². The Hall–Kier alpha value is -2.34. The number of methoxy groups -OCH3 is 1. The van der Waals surface area contributed by atoms with Gasteiger partial charge in [0.25, 0.3) is 0 Å². The van der Waals surface area contributed by atoms with E-state index in [1.165, 1.54) is 19.2 Å². The van der Waals surface area contributed by atoms with Crippen LogP contribution in [0.15, 0.2) is 30.3 Å². The van der Waals surface area contributed by atoms with Crippen LogP contribution in [0.5, 0.6) is 11.5 Å². The second-order valence-electron chi connectivity index (χ2n) is 4.05. The molecule has 0 unspecified atom stereocenters. The summed E-state index contributed by atoms with van der Waals surface area (Å²) < 4.78 is 36.3. The van der Waals surface area contributed by atoms with E-state index in [-0.39, 0.29) is 27.8 Å². The van der Waals surface area contributed by atoms with E-state index in [4.69, 9.17) is 22.1 Å². The number of ether oxygens (including phenoxy) is 2. The summed E-state index contributed by atoms with van der Waals surface area (Å²) in [6.07, 6.45) is 0. The van der Waals surface area contributed by atoms with Gasteiger partial charge in [-0.15, -0.1) is 0 Å². The minimum atomic E-state index is -0.932. The van der Waals surface area contributed by atoms with Crippen molar-refractivity contribution in [3.05, 3.63) is 52.6 Å². The summed E-state index contributed by atoms with van der Waals surface area (Å²) in [6, 6.07) is 5.37. The molecule has 4 nitrogen and oxygen atoms in total. The Kier molecular flexibility index (Phi) is 4.28. The van der Waals surface area contributed by atoms with Crippen LogP contribution in [0.25, 0.3) is 0 Å². The molecule has 0 saturated heterocycles. The van der Waals surface area contributed by atoms with Gasteiger partial charge in [-0.1, -0.05) is 11.6 Å². The highest BCUT2D eigenvalue weighted by Gasteiger charge is 2.19. The Labute approximate surface area is 124 Å². The van der Waals surface area contributed by atoms with Gasteiger partial charge in [0.15, 0.2) is 17.3 Å². The normalized spacial score (nSPS) is 10.3. The zero-order chi connectivity index (χ0) is 15.6. The largest absolute Gasteiger partial charge is 0.465 e. The number of hydrogen-bond donors (Lipinski definition) is 1. The quantitative estimate of drug-likeness (QED) is 0.692. The average Bonchev–Trinajstić information content (AvgIpc) is 2.42. The number of nitrogen functional groups attached to an aromatic ring is 1. The van der Waals surface area contributed by atoms with Crippen molar-refractivity contribution in [2.45, 2.75) is 0 Å². The summed E-state index contributed by atoms with van der Waals surface area (Å²) in [5, 5.41) is -0.000810. The van der Waals surface area contributed by atoms with Crippen LogP contribution in [0, 0.1) is 11.6 Å². The van der Waals surface area contributed by atoms with Crippen molar-refractivity contribution in [2.24, 2.45) is 0 Å². The van der Waals surface area contributed by atoms with Crippen molar-refractivity contribution in [3.63, 3.8) is 0 Å². The van der Waals surface area contributed by atoms with Crippen LogP contribution < -0.4 is 10.5 Å². The van der Waals surface area contributed by atoms with Crippen LogP contribution in [0.1, 0.15) is 10.4 Å². The lowest BCUT2D eigenvalue weighted by Gasteiger charge is -2.13. The van der Waals surface area contributed by atoms with E-state index in [2.05, 4.69) is 4.74 Å². The molecule has 2 rings (SSSR count). The number of hydrogen-bond acceptors (Lipinski definition) is 4. The van der Waals surface area contributed by atoms with E-state index < -0.39 is 17.6 Å². The summed E-state index contributed by atoms with van der Waals surface area (Å²) in [4.78, 5) is 11.7. The minimum absolute atomic E-state index is 0.000810. The Bertz CT molecular complexity index is 707. The third-order valence-corrected chi connectivity index (χ3v) is 2.86. The van der Waals surface area contributed by atoms with E-state index >= 15 is 0 Å². The lowest BCUT2D eigenvalue weighted by molar-refractivity contribution is 0.0598. The third kappa shape index (κ3) is 3.22. The first-order valence-electron chi connectivity index (χ1n) is 5.72. The van der Waals surface area contributed by atoms with E-state index in [0.717, 1.165) is 12.1 Å². The maximum Gasteiger partial charge on any atom is 0.341 e. The van der Waals surface area contributed by atoms with Gasteiger partial charge < -0.3 is 15.2 Å². The summed E-state index contributed by atoms with van der Waals surface area (Å²) >= 11 is 5.96. The maximum atomic E-state index is 13.6. The highest BCUT2D eigenvalue weighted by Crippen LogP contribution is 2.36. The van der Waals surface area contributed by atoms with Crippen molar-refractivity contribution in [3.8, 4) is 11.5 Å². The zero-order valence-corrected chi connectivity index (χ0v) is 11.6. The van der Waals surface area contributed by atoms with Gasteiger partial charge in [-0.25, -0.2) is 13.6 Å².